The lowest BCUT2D eigenvalue weighted by Crippen LogP contribution is -2.32. The van der Waals surface area contributed by atoms with Gasteiger partial charge in [-0.3, -0.25) is 0 Å². The van der Waals surface area contributed by atoms with E-state index in [0.29, 0.717) is 0 Å². The van der Waals surface area contributed by atoms with Crippen LogP contribution >= 0.6 is 23.1 Å². The number of hydrogen-bond donors (Lipinski definition) is 0. The van der Waals surface area contributed by atoms with E-state index in [1.54, 1.807) is 18.4 Å². The molecule has 0 radical (unpaired) electrons. The van der Waals surface area contributed by atoms with Crippen molar-refractivity contribution in [2.24, 2.45) is 0 Å². The summed E-state index contributed by atoms with van der Waals surface area (Å²) in [6.45, 7) is 4.37. The Morgan fingerprint density at radius 2 is 1.85 bits per heavy atom. The van der Waals surface area contributed by atoms with Gasteiger partial charge in [0.25, 0.3) is 0 Å². The van der Waals surface area contributed by atoms with Crippen molar-refractivity contribution < 1.29 is 4.74 Å². The molecule has 0 aliphatic carbocycles. The van der Waals surface area contributed by atoms with E-state index >= 15 is 0 Å². The van der Waals surface area contributed by atoms with Gasteiger partial charge in [-0.2, -0.15) is 11.8 Å². The molecular weight excluding hydrogens is 288 g/mol. The normalized spacial score (nSPS) is 15.4. The molecule has 0 saturated carbocycles. The first kappa shape index (κ1) is 13.8. The summed E-state index contributed by atoms with van der Waals surface area (Å²) in [7, 11) is 1.69. The molecule has 1 aromatic carbocycles. The lowest BCUT2D eigenvalue weighted by atomic mass is 10.1. The number of aromatic nitrogens is 1. The predicted molar refractivity (Wildman–Crippen MR) is 88.4 cm³/mol. The number of aryl methyl sites for hydroxylation is 1. The molecule has 3 rings (SSSR count). The minimum Gasteiger partial charge on any atom is -0.497 e. The molecule has 106 valence electrons. The first-order chi connectivity index (χ1) is 9.78. The van der Waals surface area contributed by atoms with Crippen LogP contribution < -0.4 is 9.64 Å². The highest BCUT2D eigenvalue weighted by atomic mass is 32.2. The van der Waals surface area contributed by atoms with Gasteiger partial charge in [-0.05, 0) is 31.2 Å². The van der Waals surface area contributed by atoms with Crippen molar-refractivity contribution in [3.05, 3.63) is 29.1 Å². The highest BCUT2D eigenvalue weighted by molar-refractivity contribution is 7.99. The minimum atomic E-state index is 0.884. The number of hydrogen-bond acceptors (Lipinski definition) is 5. The maximum atomic E-state index is 5.21. The topological polar surface area (TPSA) is 25.4 Å². The van der Waals surface area contributed by atoms with Gasteiger partial charge in [0.2, 0.25) is 0 Å². The van der Waals surface area contributed by atoms with Crippen molar-refractivity contribution in [3.8, 4) is 17.0 Å². The first-order valence-electron chi connectivity index (χ1n) is 6.72. The molecule has 2 aromatic rings. The molecule has 1 saturated heterocycles. The van der Waals surface area contributed by atoms with Gasteiger partial charge in [-0.1, -0.05) is 0 Å². The van der Waals surface area contributed by atoms with E-state index in [-0.39, 0.29) is 0 Å². The zero-order chi connectivity index (χ0) is 13.9. The van der Waals surface area contributed by atoms with Crippen LogP contribution in [0.15, 0.2) is 24.3 Å². The van der Waals surface area contributed by atoms with Crippen molar-refractivity contribution in [1.82, 2.24) is 4.98 Å². The van der Waals surface area contributed by atoms with Crippen LogP contribution in [0.2, 0.25) is 0 Å². The standard InChI is InChI=1S/C15H18N2OS2/c1-11-14(12-3-5-13(18-2)6-4-12)16-15(20-11)17-7-9-19-10-8-17/h3-6H,7-10H2,1-2H3. The average molecular weight is 306 g/mol. The van der Waals surface area contributed by atoms with Gasteiger partial charge in [-0.25, -0.2) is 4.98 Å². The molecule has 20 heavy (non-hydrogen) atoms. The Morgan fingerprint density at radius 1 is 1.15 bits per heavy atom. The molecule has 2 heterocycles. The zero-order valence-corrected chi connectivity index (χ0v) is 13.4. The molecule has 5 heteroatoms. The van der Waals surface area contributed by atoms with Crippen LogP contribution in [0.4, 0.5) is 5.13 Å². The molecule has 0 spiro atoms. The van der Waals surface area contributed by atoms with Crippen LogP contribution in [0.1, 0.15) is 4.88 Å². The quantitative estimate of drug-likeness (QED) is 0.864. The molecule has 1 aliphatic rings. The monoisotopic (exact) mass is 306 g/mol. The summed E-state index contributed by atoms with van der Waals surface area (Å²) in [6.07, 6.45) is 0. The zero-order valence-electron chi connectivity index (χ0n) is 11.8. The van der Waals surface area contributed by atoms with Gasteiger partial charge in [-0.15, -0.1) is 11.3 Å². The fraction of sp³-hybridized carbons (Fsp3) is 0.400. The molecule has 0 atom stereocenters. The number of thiazole rings is 1. The third kappa shape index (κ3) is 2.79. The molecule has 0 amide bonds. The lowest BCUT2D eigenvalue weighted by Gasteiger charge is -2.25. The van der Waals surface area contributed by atoms with Crippen molar-refractivity contribution in [3.63, 3.8) is 0 Å². The van der Waals surface area contributed by atoms with Crippen LogP contribution in [0, 0.1) is 6.92 Å². The minimum absolute atomic E-state index is 0.884. The number of thioether (sulfide) groups is 1. The van der Waals surface area contributed by atoms with E-state index < -0.39 is 0 Å². The summed E-state index contributed by atoms with van der Waals surface area (Å²) in [5.74, 6) is 3.29. The van der Waals surface area contributed by atoms with Crippen molar-refractivity contribution in [2.45, 2.75) is 6.92 Å². The second-order valence-electron chi connectivity index (χ2n) is 4.73. The number of rotatable bonds is 3. The van der Waals surface area contributed by atoms with Crippen molar-refractivity contribution >= 4 is 28.2 Å². The van der Waals surface area contributed by atoms with E-state index in [2.05, 4.69) is 24.0 Å². The molecular formula is C15H18N2OS2. The molecule has 1 fully saturated rings. The van der Waals surface area contributed by atoms with Crippen molar-refractivity contribution in [2.75, 3.05) is 36.6 Å². The Bertz CT molecular complexity index is 574. The second kappa shape index (κ2) is 6.06. The van der Waals surface area contributed by atoms with E-state index in [0.717, 1.165) is 35.2 Å². The smallest absolute Gasteiger partial charge is 0.186 e. The largest absolute Gasteiger partial charge is 0.497 e. The molecule has 0 N–H and O–H groups in total. The summed E-state index contributed by atoms with van der Waals surface area (Å²) < 4.78 is 5.21. The van der Waals surface area contributed by atoms with Crippen LogP contribution in [-0.2, 0) is 0 Å². The molecule has 0 unspecified atom stereocenters. The van der Waals surface area contributed by atoms with Crippen LogP contribution in [0.25, 0.3) is 11.3 Å². The van der Waals surface area contributed by atoms with E-state index in [1.165, 1.54) is 16.4 Å². The maximum absolute atomic E-state index is 5.21. The Balaban J connectivity index is 1.87. The van der Waals surface area contributed by atoms with Gasteiger partial charge in [0.1, 0.15) is 5.75 Å². The Labute approximate surface area is 128 Å². The SMILES string of the molecule is COc1ccc(-c2nc(N3CCSCC3)sc2C)cc1. The second-order valence-corrected chi connectivity index (χ2v) is 7.14. The summed E-state index contributed by atoms with van der Waals surface area (Å²) in [4.78, 5) is 8.54. The predicted octanol–water partition coefficient (Wildman–Crippen LogP) is 3.68. The highest BCUT2D eigenvalue weighted by Crippen LogP contribution is 2.33. The van der Waals surface area contributed by atoms with Gasteiger partial charge < -0.3 is 9.64 Å². The molecule has 1 aliphatic heterocycles. The van der Waals surface area contributed by atoms with E-state index in [4.69, 9.17) is 9.72 Å². The fourth-order valence-electron chi connectivity index (χ4n) is 2.29. The first-order valence-corrected chi connectivity index (χ1v) is 8.69. The van der Waals surface area contributed by atoms with Crippen molar-refractivity contribution in [1.29, 1.82) is 0 Å². The Kier molecular flexibility index (Phi) is 4.17. The van der Waals surface area contributed by atoms with Gasteiger partial charge in [0, 0.05) is 35.0 Å². The van der Waals surface area contributed by atoms with E-state index in [9.17, 15) is 0 Å². The van der Waals surface area contributed by atoms with E-state index in [1.807, 2.05) is 23.9 Å². The molecule has 0 bridgehead atoms. The van der Waals surface area contributed by atoms with Gasteiger partial charge in [0.15, 0.2) is 5.13 Å². The van der Waals surface area contributed by atoms with Gasteiger partial charge >= 0.3 is 0 Å². The average Bonchev–Trinajstić information content (AvgIpc) is 2.90. The van der Waals surface area contributed by atoms with Crippen LogP contribution in [0.3, 0.4) is 0 Å². The number of ether oxygens (including phenoxy) is 1. The Hall–Kier alpha value is -1.20. The third-order valence-corrected chi connectivity index (χ3v) is 5.40. The Morgan fingerprint density at radius 3 is 2.50 bits per heavy atom. The summed E-state index contributed by atoms with van der Waals surface area (Å²) >= 11 is 3.83. The summed E-state index contributed by atoms with van der Waals surface area (Å²) in [5, 5.41) is 1.16. The summed E-state index contributed by atoms with van der Waals surface area (Å²) in [6, 6.07) is 8.14. The number of methoxy groups -OCH3 is 1. The highest BCUT2D eigenvalue weighted by Gasteiger charge is 2.17. The molecule has 3 nitrogen and oxygen atoms in total. The van der Waals surface area contributed by atoms with Crippen LogP contribution in [0.5, 0.6) is 5.75 Å². The number of benzene rings is 1. The molecule has 1 aromatic heterocycles. The van der Waals surface area contributed by atoms with Crippen LogP contribution in [-0.4, -0.2) is 36.7 Å². The fourth-order valence-corrected chi connectivity index (χ4v) is 4.17. The van der Waals surface area contributed by atoms with Gasteiger partial charge in [0.05, 0.1) is 12.8 Å². The lowest BCUT2D eigenvalue weighted by molar-refractivity contribution is 0.415. The third-order valence-electron chi connectivity index (χ3n) is 3.43. The number of nitrogens with zero attached hydrogens (tertiary/aromatic N) is 2. The summed E-state index contributed by atoms with van der Waals surface area (Å²) in [5.41, 5.74) is 2.27. The maximum Gasteiger partial charge on any atom is 0.186 e. The number of anilines is 1.